The van der Waals surface area contributed by atoms with E-state index in [0.717, 1.165) is 11.3 Å². The number of nitrogens with one attached hydrogen (secondary N) is 1. The van der Waals surface area contributed by atoms with Gasteiger partial charge in [0.15, 0.2) is 0 Å². The van der Waals surface area contributed by atoms with Crippen LogP contribution in [-0.4, -0.2) is 29.3 Å². The van der Waals surface area contributed by atoms with Gasteiger partial charge in [-0.15, -0.1) is 0 Å². The summed E-state index contributed by atoms with van der Waals surface area (Å²) in [5.74, 6) is 0.458. The Morgan fingerprint density at radius 3 is 2.67 bits per heavy atom. The van der Waals surface area contributed by atoms with E-state index in [2.05, 4.69) is 5.32 Å². The van der Waals surface area contributed by atoms with E-state index in [-0.39, 0.29) is 0 Å². The summed E-state index contributed by atoms with van der Waals surface area (Å²) >= 11 is 7.39. The highest BCUT2D eigenvalue weighted by Gasteiger charge is 2.15. The van der Waals surface area contributed by atoms with Crippen molar-refractivity contribution < 1.29 is 14.7 Å². The lowest BCUT2D eigenvalue weighted by Crippen LogP contribution is -2.36. The number of halogens is 1. The molecule has 0 fully saturated rings. The second kappa shape index (κ2) is 8.00. The molecule has 1 atom stereocenters. The summed E-state index contributed by atoms with van der Waals surface area (Å²) in [5, 5.41) is 11.8. The Hall–Kier alpha value is -1.20. The molecular formula is C12H14ClNO3S. The molecule has 18 heavy (non-hydrogen) atoms. The molecule has 1 aromatic carbocycles. The number of hydrogen-bond donors (Lipinski definition) is 2. The number of hydrogen-bond acceptors (Lipinski definition) is 3. The van der Waals surface area contributed by atoms with Gasteiger partial charge < -0.3 is 10.4 Å². The van der Waals surface area contributed by atoms with Crippen LogP contribution in [0.2, 0.25) is 5.02 Å². The first-order valence-electron chi connectivity index (χ1n) is 5.38. The lowest BCUT2D eigenvalue weighted by molar-refractivity contribution is -0.140. The SMILES string of the molecule is O=CNC(CCSCc1ccc(Cl)cc1)C(=O)O. The van der Waals surface area contributed by atoms with Crippen LogP contribution in [0.15, 0.2) is 24.3 Å². The summed E-state index contributed by atoms with van der Waals surface area (Å²) in [7, 11) is 0. The highest BCUT2D eigenvalue weighted by Crippen LogP contribution is 2.16. The normalized spacial score (nSPS) is 11.8. The van der Waals surface area contributed by atoms with Gasteiger partial charge in [-0.05, 0) is 29.9 Å². The molecule has 0 spiro atoms. The number of carbonyl (C=O) groups excluding carboxylic acids is 1. The van der Waals surface area contributed by atoms with Gasteiger partial charge in [0.2, 0.25) is 6.41 Å². The Labute approximate surface area is 115 Å². The monoisotopic (exact) mass is 287 g/mol. The molecule has 0 saturated heterocycles. The number of benzene rings is 1. The number of rotatable bonds is 8. The molecule has 0 saturated carbocycles. The van der Waals surface area contributed by atoms with Crippen LogP contribution in [0.25, 0.3) is 0 Å². The largest absolute Gasteiger partial charge is 0.480 e. The van der Waals surface area contributed by atoms with Crippen LogP contribution < -0.4 is 5.32 Å². The van der Waals surface area contributed by atoms with E-state index in [1.807, 2.05) is 24.3 Å². The van der Waals surface area contributed by atoms with Crippen molar-refractivity contribution in [3.05, 3.63) is 34.9 Å². The van der Waals surface area contributed by atoms with E-state index < -0.39 is 12.0 Å². The van der Waals surface area contributed by atoms with Crippen molar-refractivity contribution in [2.24, 2.45) is 0 Å². The number of amides is 1. The maximum absolute atomic E-state index is 10.7. The molecule has 0 aliphatic rings. The number of carboxylic acids is 1. The van der Waals surface area contributed by atoms with Crippen LogP contribution in [0.3, 0.4) is 0 Å². The summed E-state index contributed by atoms with van der Waals surface area (Å²) in [5.41, 5.74) is 1.14. The molecule has 0 radical (unpaired) electrons. The Bertz CT molecular complexity index is 397. The molecule has 98 valence electrons. The molecule has 0 aromatic heterocycles. The molecule has 2 N–H and O–H groups in total. The zero-order valence-corrected chi connectivity index (χ0v) is 11.2. The first-order valence-corrected chi connectivity index (χ1v) is 6.91. The Kier molecular flexibility index (Phi) is 6.60. The third-order valence-electron chi connectivity index (χ3n) is 2.30. The predicted molar refractivity (Wildman–Crippen MR) is 72.9 cm³/mol. The van der Waals surface area contributed by atoms with Crippen molar-refractivity contribution in [3.8, 4) is 0 Å². The van der Waals surface area contributed by atoms with Gasteiger partial charge in [0.25, 0.3) is 0 Å². The standard InChI is InChI=1S/C12H14ClNO3S/c13-10-3-1-9(2-4-10)7-18-6-5-11(12(16)17)14-8-15/h1-4,8,11H,5-7H2,(H,14,15)(H,16,17). The van der Waals surface area contributed by atoms with E-state index in [1.54, 1.807) is 11.8 Å². The summed E-state index contributed by atoms with van der Waals surface area (Å²) in [6, 6.07) is 6.72. The minimum absolute atomic E-state index is 0.409. The molecule has 0 aliphatic heterocycles. The quantitative estimate of drug-likeness (QED) is 0.568. The average Bonchev–Trinajstić information content (AvgIpc) is 2.35. The van der Waals surface area contributed by atoms with Crippen molar-refractivity contribution in [1.82, 2.24) is 5.32 Å². The number of carboxylic acid groups (broad SMARTS) is 1. The fourth-order valence-electron chi connectivity index (χ4n) is 1.33. The number of thioether (sulfide) groups is 1. The predicted octanol–water partition coefficient (Wildman–Crippen LogP) is 2.16. The molecule has 1 amide bonds. The van der Waals surface area contributed by atoms with Gasteiger partial charge in [-0.25, -0.2) is 4.79 Å². The van der Waals surface area contributed by atoms with Crippen molar-refractivity contribution in [1.29, 1.82) is 0 Å². The molecular weight excluding hydrogens is 274 g/mol. The maximum Gasteiger partial charge on any atom is 0.326 e. The van der Waals surface area contributed by atoms with Gasteiger partial charge in [-0.2, -0.15) is 11.8 Å². The minimum Gasteiger partial charge on any atom is -0.480 e. The molecule has 1 rings (SSSR count). The molecule has 1 aromatic rings. The highest BCUT2D eigenvalue weighted by molar-refractivity contribution is 7.98. The summed E-state index contributed by atoms with van der Waals surface area (Å²) < 4.78 is 0. The molecule has 1 unspecified atom stereocenters. The molecule has 6 heteroatoms. The van der Waals surface area contributed by atoms with Gasteiger partial charge in [-0.1, -0.05) is 23.7 Å². The lowest BCUT2D eigenvalue weighted by atomic mass is 10.2. The molecule has 4 nitrogen and oxygen atoms in total. The first-order chi connectivity index (χ1) is 8.63. The second-order valence-electron chi connectivity index (χ2n) is 3.64. The van der Waals surface area contributed by atoms with Crippen molar-refractivity contribution in [2.75, 3.05) is 5.75 Å². The fourth-order valence-corrected chi connectivity index (χ4v) is 2.43. The average molecular weight is 288 g/mol. The van der Waals surface area contributed by atoms with Crippen LogP contribution in [-0.2, 0) is 15.3 Å². The van der Waals surface area contributed by atoms with E-state index >= 15 is 0 Å². The van der Waals surface area contributed by atoms with E-state index in [1.165, 1.54) is 0 Å². The Balaban J connectivity index is 2.27. The van der Waals surface area contributed by atoms with Crippen LogP contribution >= 0.6 is 23.4 Å². The maximum atomic E-state index is 10.7. The van der Waals surface area contributed by atoms with Crippen molar-refractivity contribution in [2.45, 2.75) is 18.2 Å². The van der Waals surface area contributed by atoms with Gasteiger partial charge in [0.1, 0.15) is 6.04 Å². The van der Waals surface area contributed by atoms with Crippen LogP contribution in [0.5, 0.6) is 0 Å². The lowest BCUT2D eigenvalue weighted by Gasteiger charge is -2.10. The number of aliphatic carboxylic acids is 1. The van der Waals surface area contributed by atoms with E-state index in [4.69, 9.17) is 16.7 Å². The smallest absolute Gasteiger partial charge is 0.326 e. The second-order valence-corrected chi connectivity index (χ2v) is 5.18. The zero-order chi connectivity index (χ0) is 13.4. The van der Waals surface area contributed by atoms with E-state index in [0.29, 0.717) is 23.6 Å². The Morgan fingerprint density at radius 2 is 2.11 bits per heavy atom. The van der Waals surface area contributed by atoms with Crippen molar-refractivity contribution >= 4 is 35.7 Å². The van der Waals surface area contributed by atoms with E-state index in [9.17, 15) is 9.59 Å². The van der Waals surface area contributed by atoms with Crippen LogP contribution in [0.1, 0.15) is 12.0 Å². The zero-order valence-electron chi connectivity index (χ0n) is 9.64. The minimum atomic E-state index is -1.01. The topological polar surface area (TPSA) is 66.4 Å². The number of carbonyl (C=O) groups is 2. The Morgan fingerprint density at radius 1 is 1.44 bits per heavy atom. The van der Waals surface area contributed by atoms with Crippen LogP contribution in [0.4, 0.5) is 0 Å². The van der Waals surface area contributed by atoms with Gasteiger partial charge in [0, 0.05) is 10.8 Å². The van der Waals surface area contributed by atoms with Gasteiger partial charge in [-0.3, -0.25) is 4.79 Å². The molecule has 0 aliphatic carbocycles. The third-order valence-corrected chi connectivity index (χ3v) is 3.61. The fraction of sp³-hybridized carbons (Fsp3) is 0.333. The third kappa shape index (κ3) is 5.42. The van der Waals surface area contributed by atoms with Crippen LogP contribution in [0, 0.1) is 0 Å². The van der Waals surface area contributed by atoms with Gasteiger partial charge >= 0.3 is 5.97 Å². The molecule has 0 heterocycles. The van der Waals surface area contributed by atoms with Gasteiger partial charge in [0.05, 0.1) is 0 Å². The summed E-state index contributed by atoms with van der Waals surface area (Å²) in [4.78, 5) is 21.0. The molecule has 0 bridgehead atoms. The first kappa shape index (κ1) is 14.9. The summed E-state index contributed by atoms with van der Waals surface area (Å²) in [6.45, 7) is 0. The summed E-state index contributed by atoms with van der Waals surface area (Å²) in [6.07, 6.45) is 0.828. The highest BCUT2D eigenvalue weighted by atomic mass is 35.5. The van der Waals surface area contributed by atoms with Crippen molar-refractivity contribution in [3.63, 3.8) is 0 Å².